The van der Waals surface area contributed by atoms with Gasteiger partial charge in [0.1, 0.15) is 5.54 Å². The highest BCUT2D eigenvalue weighted by Crippen LogP contribution is 2.38. The van der Waals surface area contributed by atoms with Crippen LogP contribution in [0, 0.1) is 0 Å². The summed E-state index contributed by atoms with van der Waals surface area (Å²) >= 11 is 0. The summed E-state index contributed by atoms with van der Waals surface area (Å²) < 4.78 is 5.39. The summed E-state index contributed by atoms with van der Waals surface area (Å²) in [5.41, 5.74) is -0.593. The lowest BCUT2D eigenvalue weighted by Gasteiger charge is -2.42. The fourth-order valence-corrected chi connectivity index (χ4v) is 3.79. The molecule has 4 heteroatoms. The third-order valence-corrected chi connectivity index (χ3v) is 4.94. The summed E-state index contributed by atoms with van der Waals surface area (Å²) in [6, 6.07) is 0.440. The number of carboxylic acids is 1. The lowest BCUT2D eigenvalue weighted by Crippen LogP contribution is -2.55. The van der Waals surface area contributed by atoms with E-state index in [0.717, 1.165) is 45.1 Å². The van der Waals surface area contributed by atoms with Crippen LogP contribution in [0.2, 0.25) is 0 Å². The molecule has 0 aromatic carbocycles. The van der Waals surface area contributed by atoms with Gasteiger partial charge in [0, 0.05) is 13.2 Å². The van der Waals surface area contributed by atoms with Crippen molar-refractivity contribution < 1.29 is 14.6 Å². The van der Waals surface area contributed by atoms with Crippen LogP contribution in [0.25, 0.3) is 0 Å². The molecule has 0 spiro atoms. The third-order valence-electron chi connectivity index (χ3n) is 4.94. The standard InChI is InChI=1S/C14H25NO3/c1-3-14(13(16)17)9-4-10-15(14)11-5-7-12(18-2)8-6-11/h11-12H,3-10H2,1-2H3,(H,16,17). The average Bonchev–Trinajstić information content (AvgIpc) is 2.84. The number of carboxylic acid groups (broad SMARTS) is 1. The molecule has 1 saturated carbocycles. The van der Waals surface area contributed by atoms with Gasteiger partial charge in [-0.2, -0.15) is 0 Å². The van der Waals surface area contributed by atoms with E-state index in [1.54, 1.807) is 7.11 Å². The number of nitrogens with zero attached hydrogens (tertiary/aromatic N) is 1. The molecule has 1 N–H and O–H groups in total. The molecule has 0 bridgehead atoms. The Bertz CT molecular complexity index is 299. The van der Waals surface area contributed by atoms with E-state index in [4.69, 9.17) is 4.74 Å². The van der Waals surface area contributed by atoms with E-state index in [-0.39, 0.29) is 0 Å². The molecule has 2 fully saturated rings. The normalized spacial score (nSPS) is 37.9. The monoisotopic (exact) mass is 255 g/mol. The summed E-state index contributed by atoms with van der Waals surface area (Å²) in [5.74, 6) is -0.628. The van der Waals surface area contributed by atoms with Gasteiger partial charge in [-0.25, -0.2) is 0 Å². The second-order valence-corrected chi connectivity index (χ2v) is 5.65. The smallest absolute Gasteiger partial charge is 0.324 e. The first kappa shape index (κ1) is 13.8. The minimum atomic E-state index is -0.628. The largest absolute Gasteiger partial charge is 0.480 e. The molecule has 2 aliphatic rings. The molecule has 1 heterocycles. The van der Waals surface area contributed by atoms with E-state index in [2.05, 4.69) is 4.90 Å². The Labute approximate surface area is 109 Å². The van der Waals surface area contributed by atoms with Crippen LogP contribution in [0.4, 0.5) is 0 Å². The number of rotatable bonds is 4. The second-order valence-electron chi connectivity index (χ2n) is 5.65. The Morgan fingerprint density at radius 3 is 2.56 bits per heavy atom. The molecule has 1 aliphatic heterocycles. The molecule has 2 rings (SSSR count). The van der Waals surface area contributed by atoms with E-state index >= 15 is 0 Å². The van der Waals surface area contributed by atoms with Gasteiger partial charge in [0.25, 0.3) is 0 Å². The molecule has 0 radical (unpaired) electrons. The Kier molecular flexibility index (Phi) is 4.28. The first-order chi connectivity index (χ1) is 8.64. The van der Waals surface area contributed by atoms with Crippen LogP contribution in [0.15, 0.2) is 0 Å². The molecule has 0 amide bonds. The van der Waals surface area contributed by atoms with Crippen molar-refractivity contribution >= 4 is 5.97 Å². The topological polar surface area (TPSA) is 49.8 Å². The molecule has 1 saturated heterocycles. The molecule has 1 aliphatic carbocycles. The van der Waals surface area contributed by atoms with Crippen molar-refractivity contribution in [2.75, 3.05) is 13.7 Å². The van der Waals surface area contributed by atoms with Crippen molar-refractivity contribution in [1.29, 1.82) is 0 Å². The summed E-state index contributed by atoms with van der Waals surface area (Å²) in [6.45, 7) is 2.95. The maximum absolute atomic E-state index is 11.7. The first-order valence-corrected chi connectivity index (χ1v) is 7.17. The van der Waals surface area contributed by atoms with Crippen molar-refractivity contribution in [1.82, 2.24) is 4.90 Å². The van der Waals surface area contributed by atoms with Gasteiger partial charge in [0.15, 0.2) is 0 Å². The summed E-state index contributed by atoms with van der Waals surface area (Å²) in [5, 5.41) is 9.60. The third kappa shape index (κ3) is 2.28. The van der Waals surface area contributed by atoms with Crippen molar-refractivity contribution in [3.63, 3.8) is 0 Å². The maximum atomic E-state index is 11.7. The number of hydrogen-bond acceptors (Lipinski definition) is 3. The lowest BCUT2D eigenvalue weighted by atomic mass is 9.86. The van der Waals surface area contributed by atoms with E-state index in [9.17, 15) is 9.90 Å². The second kappa shape index (κ2) is 5.57. The van der Waals surface area contributed by atoms with Crippen LogP contribution < -0.4 is 0 Å². The Hall–Kier alpha value is -0.610. The number of likely N-dealkylation sites (tertiary alicyclic amines) is 1. The molecule has 4 nitrogen and oxygen atoms in total. The zero-order chi connectivity index (χ0) is 13.2. The van der Waals surface area contributed by atoms with Crippen LogP contribution in [-0.2, 0) is 9.53 Å². The zero-order valence-corrected chi connectivity index (χ0v) is 11.5. The quantitative estimate of drug-likeness (QED) is 0.837. The van der Waals surface area contributed by atoms with Crippen molar-refractivity contribution in [3.05, 3.63) is 0 Å². The van der Waals surface area contributed by atoms with Gasteiger partial charge in [-0.05, 0) is 51.5 Å². The van der Waals surface area contributed by atoms with Crippen LogP contribution in [0.5, 0.6) is 0 Å². The fraction of sp³-hybridized carbons (Fsp3) is 0.929. The number of carbonyl (C=O) groups is 1. The van der Waals surface area contributed by atoms with Gasteiger partial charge < -0.3 is 9.84 Å². The number of methoxy groups -OCH3 is 1. The number of aliphatic carboxylic acids is 1. The average molecular weight is 255 g/mol. The molecular formula is C14H25NO3. The van der Waals surface area contributed by atoms with Crippen LogP contribution in [0.3, 0.4) is 0 Å². The molecule has 1 atom stereocenters. The molecule has 1 unspecified atom stereocenters. The highest BCUT2D eigenvalue weighted by molar-refractivity contribution is 5.79. The summed E-state index contributed by atoms with van der Waals surface area (Å²) in [6.07, 6.45) is 7.21. The minimum absolute atomic E-state index is 0.379. The minimum Gasteiger partial charge on any atom is -0.480 e. The van der Waals surface area contributed by atoms with E-state index in [1.165, 1.54) is 0 Å². The molecular weight excluding hydrogens is 230 g/mol. The lowest BCUT2D eigenvalue weighted by molar-refractivity contribution is -0.152. The summed E-state index contributed by atoms with van der Waals surface area (Å²) in [4.78, 5) is 13.9. The highest BCUT2D eigenvalue weighted by atomic mass is 16.5. The van der Waals surface area contributed by atoms with E-state index in [1.807, 2.05) is 6.92 Å². The predicted octanol–water partition coefficient (Wildman–Crippen LogP) is 2.27. The Morgan fingerprint density at radius 2 is 2.06 bits per heavy atom. The molecule has 0 aromatic rings. The van der Waals surface area contributed by atoms with Crippen molar-refractivity contribution in [2.24, 2.45) is 0 Å². The fourth-order valence-electron chi connectivity index (χ4n) is 3.79. The van der Waals surface area contributed by atoms with Crippen LogP contribution >= 0.6 is 0 Å². The van der Waals surface area contributed by atoms with Gasteiger partial charge in [-0.15, -0.1) is 0 Å². The first-order valence-electron chi connectivity index (χ1n) is 7.17. The van der Waals surface area contributed by atoms with Crippen LogP contribution in [0.1, 0.15) is 51.9 Å². The maximum Gasteiger partial charge on any atom is 0.324 e. The summed E-state index contributed by atoms with van der Waals surface area (Å²) in [7, 11) is 1.77. The van der Waals surface area contributed by atoms with Crippen molar-refractivity contribution in [3.8, 4) is 0 Å². The molecule has 18 heavy (non-hydrogen) atoms. The zero-order valence-electron chi connectivity index (χ0n) is 11.5. The van der Waals surface area contributed by atoms with Crippen molar-refractivity contribution in [2.45, 2.75) is 69.6 Å². The van der Waals surface area contributed by atoms with Gasteiger partial charge in [-0.3, -0.25) is 9.69 Å². The van der Waals surface area contributed by atoms with E-state index < -0.39 is 11.5 Å². The number of ether oxygens (including phenoxy) is 1. The SMILES string of the molecule is CCC1(C(=O)O)CCCN1C1CCC(OC)CC1. The van der Waals surface area contributed by atoms with Gasteiger partial charge in [0.2, 0.25) is 0 Å². The van der Waals surface area contributed by atoms with E-state index in [0.29, 0.717) is 18.6 Å². The number of hydrogen-bond donors (Lipinski definition) is 1. The highest BCUT2D eigenvalue weighted by Gasteiger charge is 2.49. The van der Waals surface area contributed by atoms with Crippen LogP contribution in [-0.4, -0.2) is 47.3 Å². The van der Waals surface area contributed by atoms with Gasteiger partial charge in [-0.1, -0.05) is 6.92 Å². The molecule has 0 aromatic heterocycles. The predicted molar refractivity (Wildman–Crippen MR) is 69.7 cm³/mol. The Balaban J connectivity index is 2.06. The van der Waals surface area contributed by atoms with Gasteiger partial charge in [0.05, 0.1) is 6.10 Å². The van der Waals surface area contributed by atoms with Gasteiger partial charge >= 0.3 is 5.97 Å². The Morgan fingerprint density at radius 1 is 1.39 bits per heavy atom. The molecule has 104 valence electrons.